The van der Waals surface area contributed by atoms with Crippen LogP contribution in [0.3, 0.4) is 0 Å². The number of benzene rings is 7. The van der Waals surface area contributed by atoms with Crippen LogP contribution < -0.4 is 0 Å². The molecule has 0 amide bonds. The van der Waals surface area contributed by atoms with Gasteiger partial charge in [0.15, 0.2) is 0 Å². The fraction of sp³-hybridized carbons (Fsp3) is 0. The first-order valence-corrected chi connectivity index (χ1v) is 15.5. The number of H-pyrrole nitrogens is 1. The van der Waals surface area contributed by atoms with E-state index < -0.39 is 0 Å². The molecule has 10 rings (SSSR count). The van der Waals surface area contributed by atoms with Crippen LogP contribution in [0.4, 0.5) is 0 Å². The highest BCUT2D eigenvalue weighted by Gasteiger charge is 2.21. The second-order valence-corrected chi connectivity index (χ2v) is 12.4. The Kier molecular flexibility index (Phi) is 4.63. The lowest BCUT2D eigenvalue weighted by Crippen LogP contribution is -1.96. The van der Waals surface area contributed by atoms with Crippen molar-refractivity contribution < 1.29 is 0 Å². The molecular formula is C40H24N2S. The molecule has 7 aromatic carbocycles. The molecule has 0 fully saturated rings. The van der Waals surface area contributed by atoms with Gasteiger partial charge in [-0.05, 0) is 35.9 Å². The number of nitrogens with one attached hydrogen (secondary N) is 1. The van der Waals surface area contributed by atoms with Crippen molar-refractivity contribution in [1.82, 2.24) is 9.55 Å². The number of fused-ring (bicyclic) bond motifs is 13. The van der Waals surface area contributed by atoms with Crippen LogP contribution in [-0.2, 0) is 0 Å². The SMILES string of the molecule is c1ccc(-c2ccccc2-n2c3ccccc3c3cc4c(cc32)sc2c3ccccc3c3[nH]c5ccccc5c3c42)cc1. The van der Waals surface area contributed by atoms with Crippen molar-refractivity contribution in [1.29, 1.82) is 0 Å². The third-order valence-corrected chi connectivity index (χ3v) is 10.3. The molecule has 0 saturated carbocycles. The van der Waals surface area contributed by atoms with Gasteiger partial charge in [0.2, 0.25) is 0 Å². The summed E-state index contributed by atoms with van der Waals surface area (Å²) in [4.78, 5) is 3.78. The minimum Gasteiger partial charge on any atom is -0.354 e. The highest BCUT2D eigenvalue weighted by Crippen LogP contribution is 2.48. The maximum atomic E-state index is 3.78. The summed E-state index contributed by atoms with van der Waals surface area (Å²) in [5.74, 6) is 0. The molecule has 0 unspecified atom stereocenters. The number of aromatic nitrogens is 2. The third-order valence-electron chi connectivity index (χ3n) is 9.11. The van der Waals surface area contributed by atoms with E-state index in [1.807, 2.05) is 11.3 Å². The summed E-state index contributed by atoms with van der Waals surface area (Å²) in [7, 11) is 0. The van der Waals surface area contributed by atoms with Crippen molar-refractivity contribution in [3.8, 4) is 16.8 Å². The molecule has 0 aliphatic rings. The van der Waals surface area contributed by atoms with Crippen molar-refractivity contribution in [2.24, 2.45) is 0 Å². The molecule has 1 N–H and O–H groups in total. The number of nitrogens with zero attached hydrogens (tertiary/aromatic N) is 1. The lowest BCUT2D eigenvalue weighted by Gasteiger charge is -2.14. The zero-order valence-corrected chi connectivity index (χ0v) is 24.0. The summed E-state index contributed by atoms with van der Waals surface area (Å²) in [5.41, 5.74) is 8.53. The van der Waals surface area contributed by atoms with Crippen molar-refractivity contribution in [3.05, 3.63) is 140 Å². The molecule has 0 saturated heterocycles. The van der Waals surface area contributed by atoms with E-state index in [2.05, 4.69) is 149 Å². The average Bonchev–Trinajstić information content (AvgIpc) is 3.74. The molecule has 0 aliphatic heterocycles. The molecule has 2 nitrogen and oxygen atoms in total. The van der Waals surface area contributed by atoms with Gasteiger partial charge < -0.3 is 9.55 Å². The Balaban J connectivity index is 1.40. The van der Waals surface area contributed by atoms with Crippen LogP contribution in [0.25, 0.3) is 91.4 Å². The molecule has 3 aromatic heterocycles. The minimum absolute atomic E-state index is 1.18. The quantitative estimate of drug-likeness (QED) is 0.216. The second-order valence-electron chi connectivity index (χ2n) is 11.4. The van der Waals surface area contributed by atoms with Gasteiger partial charge in [-0.25, -0.2) is 0 Å². The summed E-state index contributed by atoms with van der Waals surface area (Å²) in [6, 6.07) is 50.9. The number of para-hydroxylation sites is 3. The topological polar surface area (TPSA) is 20.7 Å². The number of hydrogen-bond acceptors (Lipinski definition) is 1. The van der Waals surface area contributed by atoms with E-state index >= 15 is 0 Å². The Morgan fingerprint density at radius 3 is 2.07 bits per heavy atom. The van der Waals surface area contributed by atoms with Gasteiger partial charge in [-0.2, -0.15) is 0 Å². The first kappa shape index (κ1) is 23.2. The van der Waals surface area contributed by atoms with Gasteiger partial charge in [0, 0.05) is 63.6 Å². The van der Waals surface area contributed by atoms with Crippen molar-refractivity contribution in [2.75, 3.05) is 0 Å². The summed E-state index contributed by atoms with van der Waals surface area (Å²) in [6.07, 6.45) is 0. The van der Waals surface area contributed by atoms with E-state index in [1.165, 1.54) is 91.4 Å². The van der Waals surface area contributed by atoms with Crippen LogP contribution >= 0.6 is 11.3 Å². The maximum Gasteiger partial charge on any atom is 0.0555 e. The number of hydrogen-bond donors (Lipinski definition) is 1. The fourth-order valence-electron chi connectivity index (χ4n) is 7.29. The lowest BCUT2D eigenvalue weighted by molar-refractivity contribution is 1.18. The zero-order valence-electron chi connectivity index (χ0n) is 23.1. The largest absolute Gasteiger partial charge is 0.354 e. The van der Waals surface area contributed by atoms with Crippen LogP contribution in [0.5, 0.6) is 0 Å². The summed E-state index contributed by atoms with van der Waals surface area (Å²) in [5, 5.41) is 10.4. The van der Waals surface area contributed by atoms with Crippen LogP contribution in [0, 0.1) is 0 Å². The maximum absolute atomic E-state index is 3.78. The van der Waals surface area contributed by atoms with Crippen molar-refractivity contribution in [2.45, 2.75) is 0 Å². The Morgan fingerprint density at radius 1 is 0.488 bits per heavy atom. The molecule has 3 heteroatoms. The van der Waals surface area contributed by atoms with Gasteiger partial charge in [-0.1, -0.05) is 109 Å². The van der Waals surface area contributed by atoms with Gasteiger partial charge in [0.25, 0.3) is 0 Å². The standard InChI is InChI=1S/C40H24N2S/c1-2-12-24(13-3-1)25-14-7-10-20-33(25)42-34-21-11-8-15-26(34)30-22-31-36(23-35(30)42)43-40-28-17-5-4-16-27(28)39-37(38(31)40)29-18-6-9-19-32(29)41-39/h1-23,41H. The molecule has 10 aromatic rings. The highest BCUT2D eigenvalue weighted by atomic mass is 32.1. The first-order valence-electron chi connectivity index (χ1n) is 14.7. The van der Waals surface area contributed by atoms with Crippen LogP contribution in [0.2, 0.25) is 0 Å². The van der Waals surface area contributed by atoms with E-state index in [-0.39, 0.29) is 0 Å². The van der Waals surface area contributed by atoms with Gasteiger partial charge in [0.1, 0.15) is 0 Å². The van der Waals surface area contributed by atoms with Crippen molar-refractivity contribution >= 4 is 85.9 Å². The van der Waals surface area contributed by atoms with Crippen molar-refractivity contribution in [3.63, 3.8) is 0 Å². The predicted octanol–water partition coefficient (Wildman–Crippen LogP) is 11.6. The number of thiophene rings is 1. The third kappa shape index (κ3) is 3.12. The Morgan fingerprint density at radius 2 is 1.19 bits per heavy atom. The van der Waals surface area contributed by atoms with E-state index in [4.69, 9.17) is 0 Å². The second kappa shape index (κ2) is 8.57. The monoisotopic (exact) mass is 564 g/mol. The normalized spacial score (nSPS) is 12.2. The molecule has 0 atom stereocenters. The van der Waals surface area contributed by atoms with E-state index in [0.717, 1.165) is 0 Å². The smallest absolute Gasteiger partial charge is 0.0555 e. The Hall–Kier alpha value is -5.38. The predicted molar refractivity (Wildman–Crippen MR) is 186 cm³/mol. The Bertz CT molecular complexity index is 2720. The molecule has 200 valence electrons. The van der Waals surface area contributed by atoms with Gasteiger partial charge in [-0.3, -0.25) is 0 Å². The highest BCUT2D eigenvalue weighted by molar-refractivity contribution is 7.27. The van der Waals surface area contributed by atoms with E-state index in [9.17, 15) is 0 Å². The molecular weight excluding hydrogens is 541 g/mol. The van der Waals surface area contributed by atoms with E-state index in [1.54, 1.807) is 0 Å². The molecule has 0 spiro atoms. The Labute approximate surface area is 251 Å². The number of rotatable bonds is 2. The molecule has 43 heavy (non-hydrogen) atoms. The van der Waals surface area contributed by atoms with Crippen LogP contribution in [0.15, 0.2) is 140 Å². The zero-order chi connectivity index (χ0) is 28.1. The minimum atomic E-state index is 1.18. The molecule has 0 bridgehead atoms. The summed E-state index contributed by atoms with van der Waals surface area (Å²) in [6.45, 7) is 0. The molecule has 0 aliphatic carbocycles. The number of aromatic amines is 1. The van der Waals surface area contributed by atoms with Crippen LogP contribution in [0.1, 0.15) is 0 Å². The average molecular weight is 565 g/mol. The molecule has 3 heterocycles. The van der Waals surface area contributed by atoms with Gasteiger partial charge in [-0.15, -0.1) is 11.3 Å². The first-order chi connectivity index (χ1) is 21.3. The van der Waals surface area contributed by atoms with Crippen LogP contribution in [-0.4, -0.2) is 9.55 Å². The summed E-state index contributed by atoms with van der Waals surface area (Å²) >= 11 is 1.92. The fourth-order valence-corrected chi connectivity index (χ4v) is 8.55. The lowest BCUT2D eigenvalue weighted by atomic mass is 9.99. The van der Waals surface area contributed by atoms with Gasteiger partial charge in [0.05, 0.1) is 22.2 Å². The van der Waals surface area contributed by atoms with Gasteiger partial charge >= 0.3 is 0 Å². The van der Waals surface area contributed by atoms with E-state index in [0.29, 0.717) is 0 Å². The molecule has 0 radical (unpaired) electrons. The summed E-state index contributed by atoms with van der Waals surface area (Å²) < 4.78 is 5.14.